The molecule has 0 saturated carbocycles. The number of anilines is 1. The summed E-state index contributed by atoms with van der Waals surface area (Å²) in [5.74, 6) is 0. The normalized spacial score (nSPS) is 11.4. The van der Waals surface area contributed by atoms with Crippen molar-refractivity contribution in [1.29, 1.82) is 0 Å². The summed E-state index contributed by atoms with van der Waals surface area (Å²) < 4.78 is 31.3. The molecule has 0 fully saturated rings. The van der Waals surface area contributed by atoms with Crippen LogP contribution in [0.15, 0.2) is 46.1 Å². The first-order chi connectivity index (χ1) is 9.40. The molecule has 2 aromatic rings. The van der Waals surface area contributed by atoms with Crippen LogP contribution in [0.2, 0.25) is 0 Å². The fraction of sp³-hybridized carbons (Fsp3) is 0.0909. The highest BCUT2D eigenvalue weighted by atomic mass is 32.2. The van der Waals surface area contributed by atoms with Crippen molar-refractivity contribution >= 4 is 21.4 Å². The Morgan fingerprint density at radius 1 is 1.35 bits per heavy atom. The number of sulfonamides is 1. The minimum Gasteiger partial charge on any atom is -0.472 e. The molecule has 0 saturated heterocycles. The second kappa shape index (κ2) is 5.31. The Morgan fingerprint density at radius 3 is 2.70 bits per heavy atom. The fourth-order valence-corrected chi connectivity index (χ4v) is 2.69. The second-order valence-corrected chi connectivity index (χ2v) is 5.67. The van der Waals surface area contributed by atoms with E-state index in [9.17, 15) is 18.5 Å². The molecule has 0 radical (unpaired) electrons. The lowest BCUT2D eigenvalue weighted by Crippen LogP contribution is -2.24. The van der Waals surface area contributed by atoms with Crippen LogP contribution in [0.3, 0.4) is 0 Å². The number of non-ortho nitro benzene ring substituents is 1. The third-order valence-corrected chi connectivity index (χ3v) is 4.00. The fourth-order valence-electron chi connectivity index (χ4n) is 1.52. The summed E-state index contributed by atoms with van der Waals surface area (Å²) in [6, 6.07) is 4.85. The lowest BCUT2D eigenvalue weighted by Gasteiger charge is -2.08. The van der Waals surface area contributed by atoms with E-state index in [0.717, 1.165) is 12.1 Å². The SMILES string of the molecule is Nc1ccc([N+](=O)[O-])cc1S(=O)(=O)NCc1ccoc1. The minimum atomic E-state index is -3.94. The molecule has 0 bridgehead atoms. The van der Waals surface area contributed by atoms with Crippen molar-refractivity contribution in [3.05, 3.63) is 52.5 Å². The van der Waals surface area contributed by atoms with Gasteiger partial charge in [0.25, 0.3) is 5.69 Å². The zero-order chi connectivity index (χ0) is 14.8. The van der Waals surface area contributed by atoms with Gasteiger partial charge in [-0.05, 0) is 12.1 Å². The maximum atomic E-state index is 12.1. The predicted molar refractivity (Wildman–Crippen MR) is 70.2 cm³/mol. The number of furan rings is 1. The summed E-state index contributed by atoms with van der Waals surface area (Å²) >= 11 is 0. The van der Waals surface area contributed by atoms with Gasteiger partial charge in [-0.15, -0.1) is 0 Å². The molecule has 0 amide bonds. The van der Waals surface area contributed by atoms with Crippen LogP contribution in [0.5, 0.6) is 0 Å². The van der Waals surface area contributed by atoms with Crippen molar-refractivity contribution in [3.8, 4) is 0 Å². The number of nitro groups is 1. The average molecular weight is 297 g/mol. The van der Waals surface area contributed by atoms with E-state index in [1.165, 1.54) is 18.6 Å². The standard InChI is InChI=1S/C11H11N3O5S/c12-10-2-1-9(14(15)16)5-11(10)20(17,18)13-6-8-3-4-19-7-8/h1-5,7,13H,6,12H2. The molecular weight excluding hydrogens is 286 g/mol. The van der Waals surface area contributed by atoms with Crippen molar-refractivity contribution in [2.45, 2.75) is 11.4 Å². The lowest BCUT2D eigenvalue weighted by molar-refractivity contribution is -0.385. The zero-order valence-electron chi connectivity index (χ0n) is 10.1. The third kappa shape index (κ3) is 2.95. The van der Waals surface area contributed by atoms with Crippen LogP contribution in [0.1, 0.15) is 5.56 Å². The van der Waals surface area contributed by atoms with E-state index in [4.69, 9.17) is 10.2 Å². The Hall–Kier alpha value is -2.39. The van der Waals surface area contributed by atoms with E-state index in [1.54, 1.807) is 6.07 Å². The van der Waals surface area contributed by atoms with Gasteiger partial charge in [0.15, 0.2) is 0 Å². The van der Waals surface area contributed by atoms with Crippen LogP contribution in [0, 0.1) is 10.1 Å². The number of benzene rings is 1. The average Bonchev–Trinajstić information content (AvgIpc) is 2.89. The molecule has 1 aromatic heterocycles. The Bertz CT molecular complexity index is 725. The Kier molecular flexibility index (Phi) is 3.72. The maximum Gasteiger partial charge on any atom is 0.270 e. The number of nitro benzene ring substituents is 1. The molecular formula is C11H11N3O5S. The first kappa shape index (κ1) is 14.0. The van der Waals surface area contributed by atoms with Gasteiger partial charge in [-0.1, -0.05) is 0 Å². The highest BCUT2D eigenvalue weighted by Gasteiger charge is 2.21. The predicted octanol–water partition coefficient (Wildman–Crippen LogP) is 1.25. The monoisotopic (exact) mass is 297 g/mol. The molecule has 106 valence electrons. The molecule has 0 aliphatic rings. The van der Waals surface area contributed by atoms with Gasteiger partial charge < -0.3 is 10.2 Å². The summed E-state index contributed by atoms with van der Waals surface area (Å²) in [6.45, 7) is 0.000958. The van der Waals surface area contributed by atoms with Crippen LogP contribution in [0.4, 0.5) is 11.4 Å². The van der Waals surface area contributed by atoms with Crippen LogP contribution in [-0.4, -0.2) is 13.3 Å². The Balaban J connectivity index is 2.28. The lowest BCUT2D eigenvalue weighted by atomic mass is 10.3. The topological polar surface area (TPSA) is 128 Å². The van der Waals surface area contributed by atoms with Crippen molar-refractivity contribution in [3.63, 3.8) is 0 Å². The molecule has 0 aliphatic heterocycles. The molecule has 8 nitrogen and oxygen atoms in total. The number of rotatable bonds is 5. The van der Waals surface area contributed by atoms with E-state index in [1.807, 2.05) is 0 Å². The molecule has 1 heterocycles. The number of hydrogen-bond acceptors (Lipinski definition) is 6. The maximum absolute atomic E-state index is 12.1. The minimum absolute atomic E-state index is 0.000958. The van der Waals surface area contributed by atoms with Gasteiger partial charge in [-0.3, -0.25) is 10.1 Å². The van der Waals surface area contributed by atoms with Crippen molar-refractivity contribution in [2.24, 2.45) is 0 Å². The van der Waals surface area contributed by atoms with Crippen molar-refractivity contribution in [1.82, 2.24) is 4.72 Å². The van der Waals surface area contributed by atoms with E-state index in [0.29, 0.717) is 5.56 Å². The van der Waals surface area contributed by atoms with Crippen LogP contribution < -0.4 is 10.5 Å². The van der Waals surface area contributed by atoms with E-state index in [2.05, 4.69) is 4.72 Å². The van der Waals surface area contributed by atoms with Gasteiger partial charge in [-0.2, -0.15) is 0 Å². The van der Waals surface area contributed by atoms with Gasteiger partial charge in [0.05, 0.1) is 23.1 Å². The van der Waals surface area contributed by atoms with Gasteiger partial charge in [0.2, 0.25) is 10.0 Å². The molecule has 0 aliphatic carbocycles. The second-order valence-electron chi connectivity index (χ2n) is 3.94. The summed E-state index contributed by atoms with van der Waals surface area (Å²) in [5, 5.41) is 10.7. The molecule has 3 N–H and O–H groups in total. The highest BCUT2D eigenvalue weighted by molar-refractivity contribution is 7.89. The van der Waals surface area contributed by atoms with Gasteiger partial charge in [0.1, 0.15) is 4.90 Å². The first-order valence-electron chi connectivity index (χ1n) is 5.45. The smallest absolute Gasteiger partial charge is 0.270 e. The molecule has 0 spiro atoms. The Morgan fingerprint density at radius 2 is 2.10 bits per heavy atom. The van der Waals surface area contributed by atoms with E-state index >= 15 is 0 Å². The molecule has 9 heteroatoms. The number of nitrogens with two attached hydrogens (primary N) is 1. The third-order valence-electron chi connectivity index (χ3n) is 2.54. The molecule has 0 unspecified atom stereocenters. The van der Waals surface area contributed by atoms with Crippen molar-refractivity contribution in [2.75, 3.05) is 5.73 Å². The largest absolute Gasteiger partial charge is 0.472 e. The summed E-state index contributed by atoms with van der Waals surface area (Å²) in [6.07, 6.45) is 2.80. The molecule has 1 aromatic carbocycles. The van der Waals surface area contributed by atoms with Crippen molar-refractivity contribution < 1.29 is 17.8 Å². The summed E-state index contributed by atoms with van der Waals surface area (Å²) in [7, 11) is -3.94. The van der Waals surface area contributed by atoms with Gasteiger partial charge in [0, 0.05) is 24.2 Å². The molecule has 20 heavy (non-hydrogen) atoms. The van der Waals surface area contributed by atoms with Gasteiger partial charge >= 0.3 is 0 Å². The van der Waals surface area contributed by atoms with Crippen LogP contribution >= 0.6 is 0 Å². The van der Waals surface area contributed by atoms with Crippen LogP contribution in [-0.2, 0) is 16.6 Å². The number of hydrogen-bond donors (Lipinski definition) is 2. The summed E-state index contributed by atoms with van der Waals surface area (Å²) in [4.78, 5) is 9.66. The van der Waals surface area contributed by atoms with E-state index < -0.39 is 14.9 Å². The van der Waals surface area contributed by atoms with Gasteiger partial charge in [-0.25, -0.2) is 13.1 Å². The zero-order valence-corrected chi connectivity index (χ0v) is 11.0. The van der Waals surface area contributed by atoms with Crippen LogP contribution in [0.25, 0.3) is 0 Å². The quantitative estimate of drug-likeness (QED) is 0.485. The molecule has 0 atom stereocenters. The first-order valence-corrected chi connectivity index (χ1v) is 6.93. The number of nitrogen functional groups attached to an aromatic ring is 1. The highest BCUT2D eigenvalue weighted by Crippen LogP contribution is 2.24. The summed E-state index contributed by atoms with van der Waals surface area (Å²) in [5.41, 5.74) is 5.78. The number of nitrogens with zero attached hydrogens (tertiary/aromatic N) is 1. The van der Waals surface area contributed by atoms with E-state index in [-0.39, 0.29) is 22.8 Å². The Labute approximate surface area is 114 Å². The number of nitrogens with one attached hydrogen (secondary N) is 1. The molecule has 2 rings (SSSR count).